The van der Waals surface area contributed by atoms with E-state index in [2.05, 4.69) is 9.88 Å². The summed E-state index contributed by atoms with van der Waals surface area (Å²) in [6, 6.07) is 9.89. The summed E-state index contributed by atoms with van der Waals surface area (Å²) in [6.45, 7) is 0.960. The van der Waals surface area contributed by atoms with Gasteiger partial charge in [-0.15, -0.1) is 0 Å². The van der Waals surface area contributed by atoms with Gasteiger partial charge in [-0.25, -0.2) is 0 Å². The number of piperidine rings is 1. The fraction of sp³-hybridized carbons (Fsp3) is 0.400. The van der Waals surface area contributed by atoms with Crippen molar-refractivity contribution in [1.29, 1.82) is 5.26 Å². The van der Waals surface area contributed by atoms with Crippen LogP contribution >= 0.6 is 0 Å². The van der Waals surface area contributed by atoms with E-state index < -0.39 is 11.7 Å². The number of benzene rings is 1. The van der Waals surface area contributed by atoms with E-state index in [1.165, 1.54) is 6.07 Å². The molecule has 27 heavy (non-hydrogen) atoms. The molecule has 1 saturated carbocycles. The Bertz CT molecular complexity index is 875. The van der Waals surface area contributed by atoms with Gasteiger partial charge in [0, 0.05) is 37.6 Å². The fourth-order valence-corrected chi connectivity index (χ4v) is 4.50. The average molecular weight is 372 g/mol. The summed E-state index contributed by atoms with van der Waals surface area (Å²) in [4.78, 5) is 8.44. The zero-order valence-corrected chi connectivity index (χ0v) is 14.8. The maximum atomic E-state index is 13.3. The molecule has 3 atom stereocenters. The van der Waals surface area contributed by atoms with Crippen molar-refractivity contribution in [2.45, 2.75) is 31.1 Å². The molecule has 2 aromatic rings. The second-order valence-corrected chi connectivity index (χ2v) is 7.29. The minimum atomic E-state index is -4.54. The Kier molecular flexibility index (Phi) is 4.22. The normalized spacial score (nSPS) is 24.1. The van der Waals surface area contributed by atoms with E-state index in [0.29, 0.717) is 11.6 Å². The summed E-state index contributed by atoms with van der Waals surface area (Å²) >= 11 is 0. The van der Waals surface area contributed by atoms with E-state index in [1.807, 2.05) is 30.3 Å². The molecule has 1 aliphatic heterocycles. The van der Waals surface area contributed by atoms with Gasteiger partial charge in [0.05, 0.1) is 29.1 Å². The van der Waals surface area contributed by atoms with Crippen LogP contribution < -0.4 is 9.80 Å². The van der Waals surface area contributed by atoms with Crippen LogP contribution in [0.2, 0.25) is 0 Å². The first-order valence-electron chi connectivity index (χ1n) is 8.89. The monoisotopic (exact) mass is 372 g/mol. The number of aromatic nitrogens is 1. The maximum absolute atomic E-state index is 13.3. The van der Waals surface area contributed by atoms with Gasteiger partial charge in [0.25, 0.3) is 0 Å². The fourth-order valence-electron chi connectivity index (χ4n) is 4.50. The smallest absolute Gasteiger partial charge is 0.370 e. The summed E-state index contributed by atoms with van der Waals surface area (Å²) < 4.78 is 39.9. The Morgan fingerprint density at radius 3 is 2.70 bits per heavy atom. The van der Waals surface area contributed by atoms with Gasteiger partial charge in [0.2, 0.25) is 0 Å². The lowest BCUT2D eigenvalue weighted by Crippen LogP contribution is -2.49. The highest BCUT2D eigenvalue weighted by atomic mass is 19.4. The standard InChI is InChI=1S/C20H19F3N4/c1-26(15-5-4-14(10-24)17(9-15)20(21,22)23)18-7-13-8-19(18)27(12-13)16-3-2-6-25-11-16/h2-6,9,11,13,18-19H,7-8,12H2,1H3. The van der Waals surface area contributed by atoms with Gasteiger partial charge in [-0.1, -0.05) is 0 Å². The molecule has 1 aliphatic carbocycles. The summed E-state index contributed by atoms with van der Waals surface area (Å²) in [6.07, 6.45) is 1.02. The van der Waals surface area contributed by atoms with Crippen molar-refractivity contribution in [2.24, 2.45) is 5.92 Å². The predicted octanol–water partition coefficient (Wildman–Crippen LogP) is 4.08. The maximum Gasteiger partial charge on any atom is 0.417 e. The molecule has 1 saturated heterocycles. The van der Waals surface area contributed by atoms with E-state index >= 15 is 0 Å². The Hall–Kier alpha value is -2.75. The molecule has 0 N–H and O–H groups in total. The van der Waals surface area contributed by atoms with Crippen LogP contribution in [-0.4, -0.2) is 30.7 Å². The van der Waals surface area contributed by atoms with Gasteiger partial charge < -0.3 is 9.80 Å². The van der Waals surface area contributed by atoms with Gasteiger partial charge >= 0.3 is 6.18 Å². The molecule has 7 heteroatoms. The molecular weight excluding hydrogens is 353 g/mol. The second-order valence-electron chi connectivity index (χ2n) is 7.29. The van der Waals surface area contributed by atoms with E-state index in [1.54, 1.807) is 18.3 Å². The van der Waals surface area contributed by atoms with Crippen molar-refractivity contribution in [1.82, 2.24) is 4.98 Å². The summed E-state index contributed by atoms with van der Waals surface area (Å²) in [5.74, 6) is 0.531. The molecule has 4 nitrogen and oxygen atoms in total. The Labute approximate surface area is 155 Å². The Balaban J connectivity index is 1.62. The first kappa shape index (κ1) is 17.7. The molecule has 0 amide bonds. The summed E-state index contributed by atoms with van der Waals surface area (Å²) in [7, 11) is 1.84. The SMILES string of the molecule is CN(c1ccc(C#N)c(C(F)(F)F)c1)C1CC2CC1N(c1cccnc1)C2. The number of nitriles is 1. The number of hydrogen-bond acceptors (Lipinski definition) is 4. The van der Waals surface area contributed by atoms with Crippen LogP contribution in [0.15, 0.2) is 42.7 Å². The minimum absolute atomic E-state index is 0.123. The lowest BCUT2D eigenvalue weighted by Gasteiger charge is -2.40. The topological polar surface area (TPSA) is 43.2 Å². The molecule has 2 fully saturated rings. The number of rotatable bonds is 3. The lowest BCUT2D eigenvalue weighted by atomic mass is 10.0. The largest absolute Gasteiger partial charge is 0.417 e. The molecule has 2 heterocycles. The number of likely N-dealkylation sites (N-methyl/N-ethyl adjacent to an activating group) is 1. The molecule has 0 spiro atoms. The highest BCUT2D eigenvalue weighted by molar-refractivity contribution is 5.57. The van der Waals surface area contributed by atoms with E-state index in [0.717, 1.165) is 31.1 Å². The quantitative estimate of drug-likeness (QED) is 0.814. The zero-order chi connectivity index (χ0) is 19.2. The average Bonchev–Trinajstić information content (AvgIpc) is 3.28. The minimum Gasteiger partial charge on any atom is -0.370 e. The molecule has 1 aromatic carbocycles. The first-order chi connectivity index (χ1) is 12.9. The van der Waals surface area contributed by atoms with Crippen LogP contribution in [0, 0.1) is 17.2 Å². The van der Waals surface area contributed by atoms with Crippen LogP contribution in [0.1, 0.15) is 24.0 Å². The molecular formula is C20H19F3N4. The number of hydrogen-bond donors (Lipinski definition) is 0. The molecule has 1 aromatic heterocycles. The molecule has 2 aliphatic rings. The van der Waals surface area contributed by atoms with Crippen LogP contribution in [0.5, 0.6) is 0 Å². The van der Waals surface area contributed by atoms with E-state index in [-0.39, 0.29) is 17.6 Å². The van der Waals surface area contributed by atoms with E-state index in [4.69, 9.17) is 5.26 Å². The third kappa shape index (κ3) is 3.09. The zero-order valence-electron chi connectivity index (χ0n) is 14.8. The van der Waals surface area contributed by atoms with Crippen molar-refractivity contribution >= 4 is 11.4 Å². The predicted molar refractivity (Wildman–Crippen MR) is 96.4 cm³/mol. The van der Waals surface area contributed by atoms with Gasteiger partial charge in [-0.2, -0.15) is 18.4 Å². The second kappa shape index (κ2) is 6.45. The third-order valence-corrected chi connectivity index (χ3v) is 5.76. The van der Waals surface area contributed by atoms with E-state index in [9.17, 15) is 13.2 Å². The third-order valence-electron chi connectivity index (χ3n) is 5.76. The van der Waals surface area contributed by atoms with Crippen molar-refractivity contribution in [3.05, 3.63) is 53.9 Å². The van der Waals surface area contributed by atoms with Crippen molar-refractivity contribution in [2.75, 3.05) is 23.4 Å². The number of nitrogens with zero attached hydrogens (tertiary/aromatic N) is 4. The van der Waals surface area contributed by atoms with Crippen LogP contribution in [0.25, 0.3) is 0 Å². The number of pyridine rings is 1. The van der Waals surface area contributed by atoms with Gasteiger partial charge in [-0.3, -0.25) is 4.98 Å². The van der Waals surface area contributed by atoms with Gasteiger partial charge in [0.1, 0.15) is 0 Å². The molecule has 3 unspecified atom stereocenters. The van der Waals surface area contributed by atoms with Crippen LogP contribution in [0.4, 0.5) is 24.5 Å². The Morgan fingerprint density at radius 1 is 1.26 bits per heavy atom. The molecule has 4 rings (SSSR count). The van der Waals surface area contributed by atoms with Gasteiger partial charge in [-0.05, 0) is 49.1 Å². The van der Waals surface area contributed by atoms with Crippen LogP contribution in [0.3, 0.4) is 0 Å². The Morgan fingerprint density at radius 2 is 2.07 bits per heavy atom. The number of anilines is 2. The summed E-state index contributed by atoms with van der Waals surface area (Å²) in [5.41, 5.74) is 0.329. The molecule has 0 radical (unpaired) electrons. The number of alkyl halides is 3. The molecule has 2 bridgehead atoms. The summed E-state index contributed by atoms with van der Waals surface area (Å²) in [5, 5.41) is 8.99. The van der Waals surface area contributed by atoms with Crippen molar-refractivity contribution in [3.8, 4) is 6.07 Å². The van der Waals surface area contributed by atoms with Gasteiger partial charge in [0.15, 0.2) is 0 Å². The van der Waals surface area contributed by atoms with Crippen molar-refractivity contribution < 1.29 is 13.2 Å². The first-order valence-corrected chi connectivity index (χ1v) is 8.89. The number of fused-ring (bicyclic) bond motifs is 2. The lowest BCUT2D eigenvalue weighted by molar-refractivity contribution is -0.137. The number of halogens is 3. The molecule has 140 valence electrons. The highest BCUT2D eigenvalue weighted by Crippen LogP contribution is 2.43. The highest BCUT2D eigenvalue weighted by Gasteiger charge is 2.47. The van der Waals surface area contributed by atoms with Crippen molar-refractivity contribution in [3.63, 3.8) is 0 Å². The van der Waals surface area contributed by atoms with Crippen LogP contribution in [-0.2, 0) is 6.18 Å².